The first-order valence-electron chi connectivity index (χ1n) is 6.20. The number of allylic oxidation sites excluding steroid dienone is 4. The van der Waals surface area contributed by atoms with Crippen LogP contribution in [0.3, 0.4) is 0 Å². The van der Waals surface area contributed by atoms with Crippen LogP contribution in [0.1, 0.15) is 31.9 Å². The van der Waals surface area contributed by atoms with Gasteiger partial charge in [-0.3, -0.25) is 0 Å². The quantitative estimate of drug-likeness (QED) is 0.607. The molecule has 2 aliphatic rings. The highest BCUT2D eigenvalue weighted by atomic mass is 79.9. The number of rotatable bonds is 0. The summed E-state index contributed by atoms with van der Waals surface area (Å²) in [7, 11) is 0. The molecule has 0 spiro atoms. The molecule has 2 atom stereocenters. The first-order chi connectivity index (χ1) is 8.01. The van der Waals surface area contributed by atoms with Crippen LogP contribution in [0.25, 0.3) is 5.57 Å². The van der Waals surface area contributed by atoms with E-state index in [0.717, 1.165) is 0 Å². The molecule has 2 unspecified atom stereocenters. The molecule has 0 fully saturated rings. The summed E-state index contributed by atoms with van der Waals surface area (Å²) in [6.07, 6.45) is 4.82. The standard InChI is InChI=1S/C16H17Br/c1-10-8-12-11-6-4-5-7-13(11)16(2,3)14(12)9-15(10)17/h4-10,15H,1-3H3. The van der Waals surface area contributed by atoms with E-state index >= 15 is 0 Å². The fourth-order valence-corrected chi connectivity index (χ4v) is 3.45. The second-order valence-corrected chi connectivity index (χ2v) is 6.69. The summed E-state index contributed by atoms with van der Waals surface area (Å²) in [6, 6.07) is 8.81. The van der Waals surface area contributed by atoms with Crippen molar-refractivity contribution in [3.8, 4) is 0 Å². The molecule has 88 valence electrons. The summed E-state index contributed by atoms with van der Waals surface area (Å²) in [4.78, 5) is 0.467. The molecule has 0 amide bonds. The van der Waals surface area contributed by atoms with Crippen molar-refractivity contribution in [2.75, 3.05) is 0 Å². The molecule has 0 saturated heterocycles. The van der Waals surface area contributed by atoms with Crippen LogP contribution in [0.15, 0.2) is 42.0 Å². The minimum atomic E-state index is 0.147. The van der Waals surface area contributed by atoms with Crippen molar-refractivity contribution in [1.82, 2.24) is 0 Å². The summed E-state index contributed by atoms with van der Waals surface area (Å²) < 4.78 is 0. The highest BCUT2D eigenvalue weighted by Gasteiger charge is 2.40. The van der Waals surface area contributed by atoms with Crippen molar-refractivity contribution in [3.63, 3.8) is 0 Å². The van der Waals surface area contributed by atoms with Gasteiger partial charge in [0.1, 0.15) is 0 Å². The van der Waals surface area contributed by atoms with Crippen LogP contribution < -0.4 is 0 Å². The van der Waals surface area contributed by atoms with Crippen molar-refractivity contribution < 1.29 is 0 Å². The van der Waals surface area contributed by atoms with E-state index in [-0.39, 0.29) is 5.41 Å². The Morgan fingerprint density at radius 2 is 1.82 bits per heavy atom. The zero-order valence-electron chi connectivity index (χ0n) is 10.5. The minimum Gasteiger partial charge on any atom is -0.0839 e. The monoisotopic (exact) mass is 288 g/mol. The molecule has 0 heterocycles. The number of benzene rings is 1. The SMILES string of the molecule is CC1C=C2C(=CC1Br)C(C)(C)c1ccccc12. The highest BCUT2D eigenvalue weighted by molar-refractivity contribution is 9.09. The van der Waals surface area contributed by atoms with Crippen LogP contribution in [0.5, 0.6) is 0 Å². The molecular weight excluding hydrogens is 272 g/mol. The third kappa shape index (κ3) is 1.48. The topological polar surface area (TPSA) is 0 Å². The van der Waals surface area contributed by atoms with Crippen LogP contribution in [0.2, 0.25) is 0 Å². The van der Waals surface area contributed by atoms with E-state index in [1.165, 1.54) is 22.3 Å². The van der Waals surface area contributed by atoms with Gasteiger partial charge in [0, 0.05) is 10.2 Å². The van der Waals surface area contributed by atoms with Gasteiger partial charge in [0.25, 0.3) is 0 Å². The smallest absolute Gasteiger partial charge is 0.0391 e. The van der Waals surface area contributed by atoms with Gasteiger partial charge in [0.15, 0.2) is 0 Å². The van der Waals surface area contributed by atoms with Gasteiger partial charge in [-0.05, 0) is 28.2 Å². The zero-order chi connectivity index (χ0) is 12.2. The molecule has 0 aromatic heterocycles. The Morgan fingerprint density at radius 3 is 2.59 bits per heavy atom. The van der Waals surface area contributed by atoms with Crippen molar-refractivity contribution in [2.45, 2.75) is 31.0 Å². The Labute approximate surface area is 112 Å². The molecule has 0 saturated carbocycles. The van der Waals surface area contributed by atoms with Gasteiger partial charge in [0.2, 0.25) is 0 Å². The number of alkyl halides is 1. The van der Waals surface area contributed by atoms with Gasteiger partial charge in [-0.15, -0.1) is 0 Å². The van der Waals surface area contributed by atoms with E-state index in [0.29, 0.717) is 10.7 Å². The lowest BCUT2D eigenvalue weighted by atomic mass is 9.79. The largest absolute Gasteiger partial charge is 0.0839 e. The molecule has 0 radical (unpaired) electrons. The molecule has 0 N–H and O–H groups in total. The predicted octanol–water partition coefficient (Wildman–Crippen LogP) is 4.70. The van der Waals surface area contributed by atoms with Gasteiger partial charge in [-0.1, -0.05) is 73.1 Å². The summed E-state index contributed by atoms with van der Waals surface area (Å²) in [6.45, 7) is 6.93. The van der Waals surface area contributed by atoms with E-state index in [9.17, 15) is 0 Å². The lowest BCUT2D eigenvalue weighted by Gasteiger charge is -2.27. The summed E-state index contributed by atoms with van der Waals surface area (Å²) in [5.74, 6) is 0.565. The molecule has 0 aliphatic heterocycles. The molecule has 17 heavy (non-hydrogen) atoms. The second-order valence-electron chi connectivity index (χ2n) is 5.63. The normalized spacial score (nSPS) is 29.2. The van der Waals surface area contributed by atoms with Crippen LogP contribution in [0, 0.1) is 5.92 Å². The van der Waals surface area contributed by atoms with Gasteiger partial charge in [-0.25, -0.2) is 0 Å². The molecule has 1 aromatic carbocycles. The predicted molar refractivity (Wildman–Crippen MR) is 77.4 cm³/mol. The number of fused-ring (bicyclic) bond motifs is 3. The first kappa shape index (κ1) is 11.3. The average Bonchev–Trinajstić information content (AvgIpc) is 2.51. The summed E-state index contributed by atoms with van der Waals surface area (Å²) in [5, 5.41) is 0. The maximum atomic E-state index is 3.77. The molecule has 2 aliphatic carbocycles. The number of hydrogen-bond donors (Lipinski definition) is 0. The third-order valence-corrected chi connectivity index (χ3v) is 5.21. The molecule has 0 bridgehead atoms. The number of hydrogen-bond acceptors (Lipinski definition) is 0. The van der Waals surface area contributed by atoms with Gasteiger partial charge < -0.3 is 0 Å². The number of halogens is 1. The van der Waals surface area contributed by atoms with Crippen molar-refractivity contribution in [2.24, 2.45) is 5.92 Å². The van der Waals surface area contributed by atoms with E-state index in [1.807, 2.05) is 0 Å². The highest BCUT2D eigenvalue weighted by Crippen LogP contribution is 2.52. The average molecular weight is 289 g/mol. The Morgan fingerprint density at radius 1 is 1.12 bits per heavy atom. The van der Waals surface area contributed by atoms with Crippen molar-refractivity contribution in [1.29, 1.82) is 0 Å². The maximum Gasteiger partial charge on any atom is 0.0391 e. The Hall–Kier alpha value is -0.820. The fourth-order valence-electron chi connectivity index (χ4n) is 3.03. The minimum absolute atomic E-state index is 0.147. The molecular formula is C16H17Br. The molecule has 3 rings (SSSR count). The Bertz CT molecular complexity index is 534. The lowest BCUT2D eigenvalue weighted by molar-refractivity contribution is 0.645. The molecule has 1 heteroatoms. The van der Waals surface area contributed by atoms with Crippen LogP contribution >= 0.6 is 15.9 Å². The van der Waals surface area contributed by atoms with Gasteiger partial charge in [-0.2, -0.15) is 0 Å². The van der Waals surface area contributed by atoms with Crippen LogP contribution in [-0.4, -0.2) is 4.83 Å². The van der Waals surface area contributed by atoms with Crippen molar-refractivity contribution in [3.05, 3.63) is 53.1 Å². The van der Waals surface area contributed by atoms with Crippen LogP contribution in [-0.2, 0) is 5.41 Å². The Balaban J connectivity index is 2.27. The molecule has 1 aromatic rings. The zero-order valence-corrected chi connectivity index (χ0v) is 12.1. The second kappa shape index (κ2) is 3.58. The van der Waals surface area contributed by atoms with E-state index in [2.05, 4.69) is 73.1 Å². The van der Waals surface area contributed by atoms with E-state index in [4.69, 9.17) is 0 Å². The first-order valence-corrected chi connectivity index (χ1v) is 7.12. The van der Waals surface area contributed by atoms with E-state index < -0.39 is 0 Å². The summed E-state index contributed by atoms with van der Waals surface area (Å²) >= 11 is 3.77. The van der Waals surface area contributed by atoms with Gasteiger partial charge in [0.05, 0.1) is 0 Å². The Kier molecular flexibility index (Phi) is 2.38. The van der Waals surface area contributed by atoms with E-state index in [1.54, 1.807) is 0 Å². The third-order valence-electron chi connectivity index (χ3n) is 4.11. The van der Waals surface area contributed by atoms with Crippen molar-refractivity contribution >= 4 is 21.5 Å². The molecule has 0 nitrogen and oxygen atoms in total. The van der Waals surface area contributed by atoms with Crippen LogP contribution in [0.4, 0.5) is 0 Å². The van der Waals surface area contributed by atoms with Gasteiger partial charge >= 0.3 is 0 Å². The fraction of sp³-hybridized carbons (Fsp3) is 0.375. The maximum absolute atomic E-state index is 3.77. The lowest BCUT2D eigenvalue weighted by Crippen LogP contribution is -2.20. The summed E-state index contributed by atoms with van der Waals surface area (Å²) in [5.41, 5.74) is 5.97.